The third-order valence-corrected chi connectivity index (χ3v) is 3.42. The highest BCUT2D eigenvalue weighted by molar-refractivity contribution is 7.10. The second-order valence-electron chi connectivity index (χ2n) is 5.67. The van der Waals surface area contributed by atoms with Crippen molar-refractivity contribution in [1.82, 2.24) is 5.43 Å². The van der Waals surface area contributed by atoms with Crippen LogP contribution in [0.4, 0.5) is 0 Å². The molecule has 0 radical (unpaired) electrons. The molecule has 0 unspecified atom stereocenters. The summed E-state index contributed by atoms with van der Waals surface area (Å²) in [6.45, 7) is 8.68. The van der Waals surface area contributed by atoms with Gasteiger partial charge in [0, 0.05) is 10.6 Å². The lowest BCUT2D eigenvalue weighted by Gasteiger charge is -2.11. The van der Waals surface area contributed by atoms with E-state index in [0.29, 0.717) is 18.3 Å². The van der Waals surface area contributed by atoms with E-state index < -0.39 is 0 Å². The lowest BCUT2D eigenvalue weighted by Crippen LogP contribution is -2.22. The molecule has 1 heterocycles. The van der Waals surface area contributed by atoms with Crippen LogP contribution in [0.15, 0.2) is 22.6 Å². The van der Waals surface area contributed by atoms with Gasteiger partial charge in [0.25, 0.3) is 0 Å². The van der Waals surface area contributed by atoms with Crippen molar-refractivity contribution in [2.75, 3.05) is 0 Å². The van der Waals surface area contributed by atoms with E-state index in [1.807, 2.05) is 17.5 Å². The molecule has 1 amide bonds. The van der Waals surface area contributed by atoms with Crippen molar-refractivity contribution in [2.24, 2.45) is 16.9 Å². The summed E-state index contributed by atoms with van der Waals surface area (Å²) in [7, 11) is 0. The number of rotatable bonds is 7. The number of hydrogen-bond donors (Lipinski definition) is 1. The molecule has 1 rings (SSSR count). The second-order valence-corrected chi connectivity index (χ2v) is 6.70. The molecule has 0 aliphatic rings. The lowest BCUT2D eigenvalue weighted by atomic mass is 9.99. The summed E-state index contributed by atoms with van der Waals surface area (Å²) in [6.07, 6.45) is 2.30. The third kappa shape index (κ3) is 7.11. The van der Waals surface area contributed by atoms with Gasteiger partial charge < -0.3 is 0 Å². The Morgan fingerprint density at radius 3 is 2.37 bits per heavy atom. The molecule has 3 nitrogen and oxygen atoms in total. The van der Waals surface area contributed by atoms with Crippen LogP contribution in [-0.4, -0.2) is 11.6 Å². The average molecular weight is 280 g/mol. The molecule has 0 spiro atoms. The maximum atomic E-state index is 11.8. The minimum atomic E-state index is -0.0348. The van der Waals surface area contributed by atoms with Crippen LogP contribution in [-0.2, 0) is 11.2 Å². The molecule has 0 aliphatic heterocycles. The number of hydrogen-bond acceptors (Lipinski definition) is 3. The maximum absolute atomic E-state index is 11.8. The van der Waals surface area contributed by atoms with E-state index >= 15 is 0 Å². The molecule has 0 fully saturated rings. The monoisotopic (exact) mass is 280 g/mol. The van der Waals surface area contributed by atoms with Crippen molar-refractivity contribution in [1.29, 1.82) is 0 Å². The fourth-order valence-corrected chi connectivity index (χ4v) is 2.57. The van der Waals surface area contributed by atoms with E-state index in [0.717, 1.165) is 23.4 Å². The second kappa shape index (κ2) is 8.10. The van der Waals surface area contributed by atoms with Gasteiger partial charge in [-0.1, -0.05) is 33.8 Å². The van der Waals surface area contributed by atoms with Crippen molar-refractivity contribution in [3.8, 4) is 0 Å². The highest BCUT2D eigenvalue weighted by Gasteiger charge is 2.08. The summed E-state index contributed by atoms with van der Waals surface area (Å²) in [5, 5.41) is 6.29. The first-order valence-corrected chi connectivity index (χ1v) is 7.72. The van der Waals surface area contributed by atoms with Crippen molar-refractivity contribution >= 4 is 23.0 Å². The van der Waals surface area contributed by atoms with E-state index in [1.165, 1.54) is 0 Å². The first kappa shape index (κ1) is 15.9. The van der Waals surface area contributed by atoms with E-state index in [4.69, 9.17) is 0 Å². The Morgan fingerprint density at radius 2 is 1.89 bits per heavy atom. The maximum Gasteiger partial charge on any atom is 0.245 e. The average Bonchev–Trinajstić information content (AvgIpc) is 2.77. The summed E-state index contributed by atoms with van der Waals surface area (Å²) < 4.78 is 0. The molecule has 1 N–H and O–H groups in total. The van der Waals surface area contributed by atoms with Crippen LogP contribution in [0.25, 0.3) is 0 Å². The molecule has 106 valence electrons. The SMILES string of the molecule is CC(C)CC(CC(C)C)=NNC(=O)Cc1cccs1. The summed E-state index contributed by atoms with van der Waals surface area (Å²) in [4.78, 5) is 12.8. The number of thiophene rings is 1. The van der Waals surface area contributed by atoms with Gasteiger partial charge in [0.2, 0.25) is 5.91 Å². The third-order valence-electron chi connectivity index (χ3n) is 2.54. The molecule has 19 heavy (non-hydrogen) atoms. The highest BCUT2D eigenvalue weighted by atomic mass is 32.1. The lowest BCUT2D eigenvalue weighted by molar-refractivity contribution is -0.120. The van der Waals surface area contributed by atoms with Crippen LogP contribution in [0, 0.1) is 11.8 Å². The number of amides is 1. The molecule has 0 saturated carbocycles. The zero-order chi connectivity index (χ0) is 14.3. The molecule has 0 aromatic carbocycles. The fraction of sp³-hybridized carbons (Fsp3) is 0.600. The Balaban J connectivity index is 2.51. The predicted molar refractivity (Wildman–Crippen MR) is 82.5 cm³/mol. The van der Waals surface area contributed by atoms with E-state index in [1.54, 1.807) is 11.3 Å². The van der Waals surface area contributed by atoms with Gasteiger partial charge in [-0.2, -0.15) is 5.10 Å². The smallest absolute Gasteiger partial charge is 0.245 e. The van der Waals surface area contributed by atoms with Gasteiger partial charge in [-0.25, -0.2) is 5.43 Å². The van der Waals surface area contributed by atoms with Gasteiger partial charge >= 0.3 is 0 Å². The number of nitrogens with one attached hydrogen (secondary N) is 1. The Morgan fingerprint density at radius 1 is 1.26 bits per heavy atom. The van der Waals surface area contributed by atoms with Crippen molar-refractivity contribution in [3.63, 3.8) is 0 Å². The number of nitrogens with zero attached hydrogens (tertiary/aromatic N) is 1. The summed E-state index contributed by atoms with van der Waals surface area (Å²) >= 11 is 1.60. The molecular formula is C15H24N2OS. The van der Waals surface area contributed by atoms with E-state index in [2.05, 4.69) is 38.2 Å². The molecule has 0 aliphatic carbocycles. The van der Waals surface area contributed by atoms with Crippen molar-refractivity contribution < 1.29 is 4.79 Å². The first-order chi connectivity index (χ1) is 8.97. The van der Waals surface area contributed by atoms with Crippen molar-refractivity contribution in [3.05, 3.63) is 22.4 Å². The molecule has 1 aromatic rings. The number of carbonyl (C=O) groups excluding carboxylic acids is 1. The minimum Gasteiger partial charge on any atom is -0.273 e. The van der Waals surface area contributed by atoms with E-state index in [9.17, 15) is 4.79 Å². The van der Waals surface area contributed by atoms with Crippen LogP contribution in [0.2, 0.25) is 0 Å². The predicted octanol–water partition coefficient (Wildman–Crippen LogP) is 3.86. The Labute approximate surface area is 120 Å². The molecule has 1 aromatic heterocycles. The standard InChI is InChI=1S/C15H24N2OS/c1-11(2)8-13(9-12(3)4)16-17-15(18)10-14-6-5-7-19-14/h5-7,11-12H,8-10H2,1-4H3,(H,17,18). The largest absolute Gasteiger partial charge is 0.273 e. The van der Waals surface area contributed by atoms with Gasteiger partial charge in [0.05, 0.1) is 6.42 Å². The van der Waals surface area contributed by atoms with Gasteiger partial charge in [-0.3, -0.25) is 4.79 Å². The Hall–Kier alpha value is -1.16. The number of carbonyl (C=O) groups is 1. The summed E-state index contributed by atoms with van der Waals surface area (Å²) in [5.41, 5.74) is 3.77. The van der Waals surface area contributed by atoms with Crippen molar-refractivity contribution in [2.45, 2.75) is 47.0 Å². The van der Waals surface area contributed by atoms with Gasteiger partial charge in [0.15, 0.2) is 0 Å². The molecule has 0 bridgehead atoms. The Bertz CT molecular complexity index is 396. The Kier molecular flexibility index (Phi) is 6.78. The minimum absolute atomic E-state index is 0.0348. The zero-order valence-electron chi connectivity index (χ0n) is 12.3. The van der Waals surface area contributed by atoms with Crippen LogP contribution in [0.5, 0.6) is 0 Å². The fourth-order valence-electron chi connectivity index (χ4n) is 1.87. The summed E-state index contributed by atoms with van der Waals surface area (Å²) in [6, 6.07) is 3.93. The molecule has 0 saturated heterocycles. The highest BCUT2D eigenvalue weighted by Crippen LogP contribution is 2.11. The molecular weight excluding hydrogens is 256 g/mol. The summed E-state index contributed by atoms with van der Waals surface area (Å²) in [5.74, 6) is 1.09. The topological polar surface area (TPSA) is 41.5 Å². The number of hydrazone groups is 1. The van der Waals surface area contributed by atoms with Gasteiger partial charge in [-0.15, -0.1) is 11.3 Å². The molecule has 0 atom stereocenters. The van der Waals surface area contributed by atoms with Crippen LogP contribution in [0.1, 0.15) is 45.4 Å². The van der Waals surface area contributed by atoms with Gasteiger partial charge in [0.1, 0.15) is 0 Å². The van der Waals surface area contributed by atoms with E-state index in [-0.39, 0.29) is 5.91 Å². The zero-order valence-corrected chi connectivity index (χ0v) is 13.1. The van der Waals surface area contributed by atoms with Crippen LogP contribution < -0.4 is 5.43 Å². The van der Waals surface area contributed by atoms with Gasteiger partial charge in [-0.05, 0) is 36.1 Å². The normalized spacial score (nSPS) is 10.8. The molecule has 4 heteroatoms. The van der Waals surface area contributed by atoms with Crippen LogP contribution in [0.3, 0.4) is 0 Å². The quantitative estimate of drug-likeness (QED) is 0.598. The first-order valence-electron chi connectivity index (χ1n) is 6.84. The van der Waals surface area contributed by atoms with Crippen LogP contribution >= 0.6 is 11.3 Å².